The normalized spacial score (nSPS) is 23.0. The van der Waals surface area contributed by atoms with E-state index in [4.69, 9.17) is 4.74 Å². The summed E-state index contributed by atoms with van der Waals surface area (Å²) in [5.41, 5.74) is 0.280. The molecule has 1 saturated heterocycles. The average molecular weight is 311 g/mol. The molecule has 0 aliphatic carbocycles. The molecule has 120 valence electrons. The summed E-state index contributed by atoms with van der Waals surface area (Å²) >= 11 is 1.67. The van der Waals surface area contributed by atoms with Crippen LogP contribution in [0.5, 0.6) is 5.75 Å². The van der Waals surface area contributed by atoms with Crippen molar-refractivity contribution in [1.29, 1.82) is 0 Å². The number of thiophene rings is 1. The van der Waals surface area contributed by atoms with Gasteiger partial charge in [-0.25, -0.2) is 0 Å². The maximum absolute atomic E-state index is 10.4. The van der Waals surface area contributed by atoms with Crippen LogP contribution in [0.4, 0.5) is 0 Å². The Labute approximate surface area is 132 Å². The Kier molecular flexibility index (Phi) is 5.01. The smallest absolute Gasteiger partial charge is 0.133 e. The maximum Gasteiger partial charge on any atom is 0.133 e. The Morgan fingerprint density at radius 3 is 2.43 bits per heavy atom. The molecule has 0 bridgehead atoms. The maximum atomic E-state index is 10.4. The Bertz CT molecular complexity index is 451. The molecule has 0 spiro atoms. The summed E-state index contributed by atoms with van der Waals surface area (Å²) in [6.45, 7) is 12.2. The molecule has 0 radical (unpaired) electrons. The second-order valence-corrected chi connectivity index (χ2v) is 8.52. The lowest BCUT2D eigenvalue weighted by Gasteiger charge is -2.53. The molecule has 0 saturated carbocycles. The minimum absolute atomic E-state index is 0.140. The summed E-state index contributed by atoms with van der Waals surface area (Å²) in [4.78, 5) is 3.62. The van der Waals surface area contributed by atoms with Crippen molar-refractivity contribution in [3.8, 4) is 5.75 Å². The van der Waals surface area contributed by atoms with E-state index in [0.29, 0.717) is 13.2 Å². The number of ether oxygens (including phenoxy) is 1. The van der Waals surface area contributed by atoms with E-state index in [2.05, 4.69) is 32.6 Å². The van der Waals surface area contributed by atoms with Crippen molar-refractivity contribution in [2.24, 2.45) is 0 Å². The quantitative estimate of drug-likeness (QED) is 0.897. The first-order valence-corrected chi connectivity index (χ1v) is 8.73. The molecule has 1 aliphatic rings. The Balaban J connectivity index is 1.94. The fourth-order valence-electron chi connectivity index (χ4n) is 3.51. The number of nitrogens with zero attached hydrogens (tertiary/aromatic N) is 1. The van der Waals surface area contributed by atoms with Crippen LogP contribution in [0, 0.1) is 6.92 Å². The van der Waals surface area contributed by atoms with Crippen LogP contribution < -0.4 is 4.74 Å². The van der Waals surface area contributed by atoms with E-state index < -0.39 is 6.10 Å². The first-order chi connectivity index (χ1) is 9.72. The summed E-state index contributed by atoms with van der Waals surface area (Å²) in [6, 6.07) is 1.97. The number of aryl methyl sites for hydroxylation is 1. The minimum atomic E-state index is -0.457. The molecule has 1 unspecified atom stereocenters. The number of hydrogen-bond donors (Lipinski definition) is 1. The van der Waals surface area contributed by atoms with Crippen LogP contribution in [-0.2, 0) is 0 Å². The number of aliphatic hydroxyl groups excluding tert-OH is 1. The van der Waals surface area contributed by atoms with E-state index in [1.807, 2.05) is 18.4 Å². The number of β-amino-alcohol motifs (C(OH)–C–C–N with tert-alkyl or cyclic N) is 1. The van der Waals surface area contributed by atoms with E-state index in [1.54, 1.807) is 11.3 Å². The molecule has 0 amide bonds. The van der Waals surface area contributed by atoms with Gasteiger partial charge < -0.3 is 9.84 Å². The highest BCUT2D eigenvalue weighted by molar-refractivity contribution is 7.10. The van der Waals surface area contributed by atoms with Crippen molar-refractivity contribution < 1.29 is 9.84 Å². The fraction of sp³-hybridized carbons (Fsp3) is 0.765. The molecule has 1 aliphatic heterocycles. The SMILES string of the molecule is Cc1sccc1OCC(O)CN1C(C)(C)CCCC1(C)C. The van der Waals surface area contributed by atoms with Gasteiger partial charge in [0.25, 0.3) is 0 Å². The topological polar surface area (TPSA) is 32.7 Å². The van der Waals surface area contributed by atoms with Crippen LogP contribution in [0.2, 0.25) is 0 Å². The third kappa shape index (κ3) is 3.99. The van der Waals surface area contributed by atoms with E-state index in [1.165, 1.54) is 24.1 Å². The summed E-state index contributed by atoms with van der Waals surface area (Å²) in [6.07, 6.45) is 3.18. The van der Waals surface area contributed by atoms with Crippen molar-refractivity contribution in [3.63, 3.8) is 0 Å². The largest absolute Gasteiger partial charge is 0.490 e. The third-order valence-corrected chi connectivity index (χ3v) is 5.50. The molecule has 1 aromatic heterocycles. The highest BCUT2D eigenvalue weighted by atomic mass is 32.1. The van der Waals surface area contributed by atoms with Gasteiger partial charge in [-0.05, 0) is 65.3 Å². The molecular weight excluding hydrogens is 282 g/mol. The van der Waals surface area contributed by atoms with Gasteiger partial charge in [0.1, 0.15) is 18.5 Å². The average Bonchev–Trinajstić information content (AvgIpc) is 2.77. The summed E-state index contributed by atoms with van der Waals surface area (Å²) in [5, 5.41) is 12.4. The Morgan fingerprint density at radius 2 is 1.90 bits per heavy atom. The predicted molar refractivity (Wildman–Crippen MR) is 89.3 cm³/mol. The van der Waals surface area contributed by atoms with Gasteiger partial charge in [0.15, 0.2) is 0 Å². The van der Waals surface area contributed by atoms with Crippen LogP contribution in [-0.4, -0.2) is 40.3 Å². The fourth-order valence-corrected chi connectivity index (χ4v) is 4.15. The molecule has 1 aromatic rings. The summed E-state index contributed by atoms with van der Waals surface area (Å²) in [5.74, 6) is 0.899. The van der Waals surface area contributed by atoms with E-state index >= 15 is 0 Å². The lowest BCUT2D eigenvalue weighted by atomic mass is 9.79. The van der Waals surface area contributed by atoms with Crippen molar-refractivity contribution >= 4 is 11.3 Å². The van der Waals surface area contributed by atoms with Gasteiger partial charge in [-0.15, -0.1) is 11.3 Å². The number of likely N-dealkylation sites (tertiary alicyclic amines) is 1. The second-order valence-electron chi connectivity index (χ2n) is 7.39. The zero-order valence-electron chi connectivity index (χ0n) is 14.0. The predicted octanol–water partition coefficient (Wildman–Crippen LogP) is 3.84. The van der Waals surface area contributed by atoms with Crippen molar-refractivity contribution in [2.45, 2.75) is 71.1 Å². The molecule has 2 heterocycles. The first-order valence-electron chi connectivity index (χ1n) is 7.85. The zero-order chi connectivity index (χ0) is 15.7. The van der Waals surface area contributed by atoms with Gasteiger partial charge in [-0.1, -0.05) is 0 Å². The van der Waals surface area contributed by atoms with Crippen LogP contribution in [0.3, 0.4) is 0 Å². The van der Waals surface area contributed by atoms with Crippen molar-refractivity contribution in [3.05, 3.63) is 16.3 Å². The summed E-state index contributed by atoms with van der Waals surface area (Å²) < 4.78 is 5.75. The molecule has 1 fully saturated rings. The Hall–Kier alpha value is -0.580. The monoisotopic (exact) mass is 311 g/mol. The van der Waals surface area contributed by atoms with Crippen molar-refractivity contribution in [1.82, 2.24) is 4.90 Å². The van der Waals surface area contributed by atoms with E-state index in [9.17, 15) is 5.11 Å². The lowest BCUT2D eigenvalue weighted by Crippen LogP contribution is -2.60. The van der Waals surface area contributed by atoms with Crippen LogP contribution in [0.1, 0.15) is 51.8 Å². The molecule has 1 N–H and O–H groups in total. The molecule has 0 aromatic carbocycles. The van der Waals surface area contributed by atoms with Gasteiger partial charge in [0.2, 0.25) is 0 Å². The van der Waals surface area contributed by atoms with E-state index in [-0.39, 0.29) is 11.1 Å². The van der Waals surface area contributed by atoms with Gasteiger partial charge in [0.05, 0.1) is 0 Å². The number of aliphatic hydroxyl groups is 1. The number of piperidine rings is 1. The van der Waals surface area contributed by atoms with Crippen molar-refractivity contribution in [2.75, 3.05) is 13.2 Å². The standard InChI is InChI=1S/C17H29NO2S/c1-13-15(7-10-21-13)20-12-14(19)11-18-16(2,3)8-6-9-17(18,4)5/h7,10,14,19H,6,8-9,11-12H2,1-5H3. The molecular formula is C17H29NO2S. The van der Waals surface area contributed by atoms with Crippen LogP contribution in [0.15, 0.2) is 11.4 Å². The van der Waals surface area contributed by atoms with Gasteiger partial charge in [0, 0.05) is 22.5 Å². The Morgan fingerprint density at radius 1 is 1.29 bits per heavy atom. The van der Waals surface area contributed by atoms with Gasteiger partial charge in [-0.2, -0.15) is 0 Å². The van der Waals surface area contributed by atoms with E-state index in [0.717, 1.165) is 5.75 Å². The third-order valence-electron chi connectivity index (χ3n) is 4.67. The highest BCUT2D eigenvalue weighted by Gasteiger charge is 2.41. The highest BCUT2D eigenvalue weighted by Crippen LogP contribution is 2.38. The molecule has 3 nitrogen and oxygen atoms in total. The molecule has 21 heavy (non-hydrogen) atoms. The number of rotatable bonds is 5. The number of hydrogen-bond acceptors (Lipinski definition) is 4. The molecule has 1 atom stereocenters. The zero-order valence-corrected chi connectivity index (χ0v) is 14.8. The van der Waals surface area contributed by atoms with Gasteiger partial charge in [-0.3, -0.25) is 4.90 Å². The first kappa shape index (κ1) is 16.8. The van der Waals surface area contributed by atoms with Crippen LogP contribution >= 0.6 is 11.3 Å². The minimum Gasteiger partial charge on any atom is -0.490 e. The summed E-state index contributed by atoms with van der Waals surface area (Å²) in [7, 11) is 0. The van der Waals surface area contributed by atoms with Gasteiger partial charge >= 0.3 is 0 Å². The second kappa shape index (κ2) is 6.27. The molecule has 4 heteroatoms. The molecule has 2 rings (SSSR count). The lowest BCUT2D eigenvalue weighted by molar-refractivity contribution is -0.0606. The van der Waals surface area contributed by atoms with Crippen LogP contribution in [0.25, 0.3) is 0 Å².